The Kier molecular flexibility index (Phi) is 4.55. The third-order valence-electron chi connectivity index (χ3n) is 4.28. The first-order valence-electron chi connectivity index (χ1n) is 7.88. The van der Waals surface area contributed by atoms with Crippen molar-refractivity contribution in [3.63, 3.8) is 0 Å². The fourth-order valence-electron chi connectivity index (χ4n) is 2.90. The fraction of sp³-hybridized carbons (Fsp3) is 0.333. The number of anilines is 3. The summed E-state index contributed by atoms with van der Waals surface area (Å²) in [7, 11) is 0. The predicted molar refractivity (Wildman–Crippen MR) is 90.0 cm³/mol. The van der Waals surface area contributed by atoms with Crippen molar-refractivity contribution in [2.75, 3.05) is 29.0 Å². The predicted octanol–water partition coefficient (Wildman–Crippen LogP) is 4.17. The van der Waals surface area contributed by atoms with Gasteiger partial charge in [-0.3, -0.25) is 0 Å². The summed E-state index contributed by atoms with van der Waals surface area (Å²) < 4.78 is 37.8. The first-order chi connectivity index (χ1) is 11.4. The highest BCUT2D eigenvalue weighted by atomic mass is 19.4. The number of benzene rings is 2. The molecule has 1 radical (unpaired) electrons. The minimum Gasteiger partial charge on any atom is -0.397 e. The third-order valence-corrected chi connectivity index (χ3v) is 4.28. The van der Waals surface area contributed by atoms with Crippen molar-refractivity contribution in [2.45, 2.75) is 25.1 Å². The summed E-state index contributed by atoms with van der Waals surface area (Å²) >= 11 is 0. The van der Waals surface area contributed by atoms with Crippen molar-refractivity contribution >= 4 is 17.1 Å². The molecule has 0 aliphatic carbocycles. The maximum Gasteiger partial charge on any atom is 0.416 e. The third kappa shape index (κ3) is 3.75. The summed E-state index contributed by atoms with van der Waals surface area (Å²) in [6.45, 7) is 1.54. The molecule has 0 saturated carbocycles. The molecule has 1 aliphatic rings. The van der Waals surface area contributed by atoms with E-state index in [0.717, 1.165) is 49.4 Å². The van der Waals surface area contributed by atoms with E-state index in [-0.39, 0.29) is 0 Å². The summed E-state index contributed by atoms with van der Waals surface area (Å²) in [5.41, 5.74) is 7.63. The normalized spacial score (nSPS) is 16.2. The van der Waals surface area contributed by atoms with Crippen LogP contribution in [0.25, 0.3) is 0 Å². The Bertz CT molecular complexity index is 675. The Morgan fingerprint density at radius 3 is 2.38 bits per heavy atom. The minimum atomic E-state index is -4.32. The largest absolute Gasteiger partial charge is 0.416 e. The van der Waals surface area contributed by atoms with Crippen molar-refractivity contribution in [1.29, 1.82) is 0 Å². The van der Waals surface area contributed by atoms with E-state index in [2.05, 4.69) is 16.3 Å². The molecule has 1 aliphatic heterocycles. The topological polar surface area (TPSA) is 41.3 Å². The maximum absolute atomic E-state index is 12.6. The number of hydrogen-bond donors (Lipinski definition) is 2. The van der Waals surface area contributed by atoms with Gasteiger partial charge in [0, 0.05) is 30.9 Å². The summed E-state index contributed by atoms with van der Waals surface area (Å²) in [5.74, 6) is 0. The Labute approximate surface area is 139 Å². The number of nitrogens with two attached hydrogens (primary N) is 1. The van der Waals surface area contributed by atoms with Gasteiger partial charge in [-0.1, -0.05) is 12.1 Å². The molecule has 1 saturated heterocycles. The number of halogens is 3. The molecule has 0 atom stereocenters. The van der Waals surface area contributed by atoms with Crippen LogP contribution in [0.1, 0.15) is 18.4 Å². The standard InChI is InChI=1S/C18H19F3N3/c19-18(20,21)13-5-7-15(8-6-13)24-11-9-14(10-12-24)23-17-4-2-1-3-16(17)22/h1-7,14,23H,9-12,22H2. The molecule has 127 valence electrons. The molecule has 0 aromatic heterocycles. The average Bonchev–Trinajstić information content (AvgIpc) is 2.57. The van der Waals surface area contributed by atoms with Crippen molar-refractivity contribution in [3.8, 4) is 0 Å². The maximum atomic E-state index is 12.6. The highest BCUT2D eigenvalue weighted by molar-refractivity contribution is 5.66. The second-order valence-electron chi connectivity index (χ2n) is 5.95. The van der Waals surface area contributed by atoms with E-state index in [0.29, 0.717) is 11.7 Å². The molecule has 3 rings (SSSR count). The molecular weight excluding hydrogens is 315 g/mol. The van der Waals surface area contributed by atoms with Gasteiger partial charge in [0.15, 0.2) is 0 Å². The van der Waals surface area contributed by atoms with Crippen LogP contribution in [-0.2, 0) is 6.18 Å². The van der Waals surface area contributed by atoms with Crippen molar-refractivity contribution in [3.05, 3.63) is 54.1 Å². The number of piperidine rings is 1. The molecule has 0 amide bonds. The van der Waals surface area contributed by atoms with Gasteiger partial charge in [0.1, 0.15) is 0 Å². The summed E-state index contributed by atoms with van der Waals surface area (Å²) in [6.07, 6.45) is -2.53. The lowest BCUT2D eigenvalue weighted by atomic mass is 10.0. The molecule has 0 spiro atoms. The number of rotatable bonds is 3. The summed E-state index contributed by atoms with van der Waals surface area (Å²) in [6, 6.07) is 14.3. The van der Waals surface area contributed by atoms with E-state index < -0.39 is 11.7 Å². The van der Waals surface area contributed by atoms with Gasteiger partial charge in [0.25, 0.3) is 0 Å². The van der Waals surface area contributed by atoms with Crippen LogP contribution in [0, 0.1) is 6.07 Å². The molecule has 3 nitrogen and oxygen atoms in total. The number of nitrogens with zero attached hydrogens (tertiary/aromatic N) is 1. The zero-order valence-electron chi connectivity index (χ0n) is 13.1. The Morgan fingerprint density at radius 1 is 1.08 bits per heavy atom. The van der Waals surface area contributed by atoms with Crippen LogP contribution in [0.15, 0.2) is 42.5 Å². The SMILES string of the molecule is Nc1ccccc1NC1CCN(c2[c]cc(C(F)(F)F)cc2)CC1. The first-order valence-corrected chi connectivity index (χ1v) is 7.88. The van der Waals surface area contributed by atoms with Crippen LogP contribution < -0.4 is 16.0 Å². The smallest absolute Gasteiger partial charge is 0.397 e. The number of para-hydroxylation sites is 2. The lowest BCUT2D eigenvalue weighted by molar-refractivity contribution is -0.137. The fourth-order valence-corrected chi connectivity index (χ4v) is 2.90. The van der Waals surface area contributed by atoms with Gasteiger partial charge in [-0.25, -0.2) is 0 Å². The van der Waals surface area contributed by atoms with Gasteiger partial charge < -0.3 is 16.0 Å². The van der Waals surface area contributed by atoms with E-state index in [4.69, 9.17) is 5.73 Å². The van der Waals surface area contributed by atoms with Crippen molar-refractivity contribution in [2.24, 2.45) is 0 Å². The van der Waals surface area contributed by atoms with E-state index in [1.807, 2.05) is 24.3 Å². The number of nitrogen functional groups attached to an aromatic ring is 1. The van der Waals surface area contributed by atoms with Crippen LogP contribution in [0.3, 0.4) is 0 Å². The molecule has 2 aromatic rings. The van der Waals surface area contributed by atoms with Gasteiger partial charge >= 0.3 is 6.18 Å². The van der Waals surface area contributed by atoms with E-state index in [1.165, 1.54) is 6.07 Å². The molecule has 0 bridgehead atoms. The average molecular weight is 334 g/mol. The molecule has 24 heavy (non-hydrogen) atoms. The van der Waals surface area contributed by atoms with E-state index >= 15 is 0 Å². The molecular formula is C18H19F3N3. The molecule has 1 fully saturated rings. The molecule has 3 N–H and O–H groups in total. The van der Waals surface area contributed by atoms with Gasteiger partial charge in [0.2, 0.25) is 0 Å². The molecule has 1 heterocycles. The lowest BCUT2D eigenvalue weighted by Gasteiger charge is -2.34. The second kappa shape index (κ2) is 6.63. The number of nitrogens with one attached hydrogen (secondary N) is 1. The second-order valence-corrected chi connectivity index (χ2v) is 5.95. The lowest BCUT2D eigenvalue weighted by Crippen LogP contribution is -2.39. The Morgan fingerprint density at radius 2 is 1.79 bits per heavy atom. The zero-order chi connectivity index (χ0) is 17.2. The molecule has 0 unspecified atom stereocenters. The van der Waals surface area contributed by atoms with Gasteiger partial charge in [0.05, 0.1) is 16.9 Å². The Balaban J connectivity index is 1.58. The highest BCUT2D eigenvalue weighted by Gasteiger charge is 2.30. The number of alkyl halides is 3. The highest BCUT2D eigenvalue weighted by Crippen LogP contribution is 2.31. The zero-order valence-corrected chi connectivity index (χ0v) is 13.1. The van der Waals surface area contributed by atoms with Gasteiger partial charge in [-0.2, -0.15) is 13.2 Å². The van der Waals surface area contributed by atoms with Gasteiger partial charge in [-0.15, -0.1) is 0 Å². The van der Waals surface area contributed by atoms with Crippen LogP contribution >= 0.6 is 0 Å². The molecule has 2 aromatic carbocycles. The van der Waals surface area contributed by atoms with Crippen LogP contribution in [0.2, 0.25) is 0 Å². The number of hydrogen-bond acceptors (Lipinski definition) is 3. The monoisotopic (exact) mass is 334 g/mol. The van der Waals surface area contributed by atoms with Crippen LogP contribution in [0.5, 0.6) is 0 Å². The summed E-state index contributed by atoms with van der Waals surface area (Å²) in [5, 5.41) is 3.44. The quantitative estimate of drug-likeness (QED) is 0.828. The van der Waals surface area contributed by atoms with E-state index in [1.54, 1.807) is 0 Å². The molecule has 6 heteroatoms. The van der Waals surface area contributed by atoms with Gasteiger partial charge in [-0.05, 0) is 43.2 Å². The first kappa shape index (κ1) is 16.5. The van der Waals surface area contributed by atoms with Crippen molar-refractivity contribution < 1.29 is 13.2 Å². The van der Waals surface area contributed by atoms with E-state index in [9.17, 15) is 13.2 Å². The Hall–Kier alpha value is -2.37. The summed E-state index contributed by atoms with van der Waals surface area (Å²) in [4.78, 5) is 2.06. The van der Waals surface area contributed by atoms with Crippen molar-refractivity contribution in [1.82, 2.24) is 0 Å². The minimum absolute atomic E-state index is 0.306. The van der Waals surface area contributed by atoms with Crippen LogP contribution in [0.4, 0.5) is 30.2 Å². The van der Waals surface area contributed by atoms with Crippen LogP contribution in [-0.4, -0.2) is 19.1 Å².